The summed E-state index contributed by atoms with van der Waals surface area (Å²) in [6.07, 6.45) is -4.43. The molecule has 0 atom stereocenters. The minimum Gasteiger partial charge on any atom is -0.477 e. The molecule has 11 heteroatoms. The van der Waals surface area contributed by atoms with Crippen molar-refractivity contribution in [3.63, 3.8) is 0 Å². The molecule has 3 heterocycles. The number of nitrogens with one attached hydrogen (secondary N) is 1. The molecule has 1 aromatic carbocycles. The molecule has 7 nitrogen and oxygen atoms in total. The summed E-state index contributed by atoms with van der Waals surface area (Å²) in [6.45, 7) is 0.164. The fourth-order valence-corrected chi connectivity index (χ4v) is 3.45. The van der Waals surface area contributed by atoms with Crippen LogP contribution < -0.4 is 5.32 Å². The van der Waals surface area contributed by atoms with Crippen molar-refractivity contribution in [1.29, 1.82) is 0 Å². The van der Waals surface area contributed by atoms with E-state index in [1.807, 2.05) is 0 Å². The van der Waals surface area contributed by atoms with Gasteiger partial charge in [-0.3, -0.25) is 0 Å². The van der Waals surface area contributed by atoms with Crippen LogP contribution in [0.1, 0.15) is 21.7 Å². The maximum Gasteiger partial charge on any atom is 0.416 e. The Morgan fingerprint density at radius 3 is 2.44 bits per heavy atom. The maximum atomic E-state index is 12.9. The number of methoxy groups -OCH3 is 1. The number of hydrogen-bond acceptors (Lipinski definition) is 6. The van der Waals surface area contributed by atoms with Crippen LogP contribution in [0.25, 0.3) is 22.4 Å². The summed E-state index contributed by atoms with van der Waals surface area (Å²) in [6, 6.07) is 12.4. The molecule has 0 saturated heterocycles. The van der Waals surface area contributed by atoms with Gasteiger partial charge in [-0.2, -0.15) is 13.2 Å². The lowest BCUT2D eigenvalue weighted by molar-refractivity contribution is -0.137. The van der Waals surface area contributed by atoms with Crippen molar-refractivity contribution >= 4 is 40.0 Å². The molecule has 2 N–H and O–H groups in total. The monoisotopic (exact) mass is 488 g/mol. The molecular formula is C23H16ClF3N4O3. The van der Waals surface area contributed by atoms with E-state index in [9.17, 15) is 23.1 Å². The number of anilines is 2. The number of carboxylic acid groups (broad SMARTS) is 1. The molecule has 0 aliphatic rings. The average molecular weight is 489 g/mol. The van der Waals surface area contributed by atoms with Crippen molar-refractivity contribution in [3.8, 4) is 11.4 Å². The summed E-state index contributed by atoms with van der Waals surface area (Å²) in [5.74, 6) is -1.21. The highest BCUT2D eigenvalue weighted by atomic mass is 35.5. The van der Waals surface area contributed by atoms with Crippen molar-refractivity contribution < 1.29 is 27.8 Å². The van der Waals surface area contributed by atoms with Crippen LogP contribution in [0.4, 0.5) is 24.5 Å². The van der Waals surface area contributed by atoms with Crippen molar-refractivity contribution in [1.82, 2.24) is 15.0 Å². The first-order chi connectivity index (χ1) is 16.2. The molecule has 174 valence electrons. The van der Waals surface area contributed by atoms with Crippen molar-refractivity contribution in [3.05, 3.63) is 76.6 Å². The molecule has 34 heavy (non-hydrogen) atoms. The second-order valence-corrected chi connectivity index (χ2v) is 7.60. The zero-order chi connectivity index (χ0) is 24.5. The van der Waals surface area contributed by atoms with E-state index in [0.29, 0.717) is 33.8 Å². The van der Waals surface area contributed by atoms with Gasteiger partial charge in [0.15, 0.2) is 5.65 Å². The predicted molar refractivity (Wildman–Crippen MR) is 120 cm³/mol. The Kier molecular flexibility index (Phi) is 6.36. The molecule has 0 saturated carbocycles. The third-order valence-corrected chi connectivity index (χ3v) is 5.12. The van der Waals surface area contributed by atoms with Crippen molar-refractivity contribution in [2.75, 3.05) is 12.4 Å². The molecule has 4 aromatic rings. The van der Waals surface area contributed by atoms with Crippen LogP contribution in [-0.4, -0.2) is 33.1 Å². The number of carbonyl (C=O) groups is 1. The second kappa shape index (κ2) is 9.24. The van der Waals surface area contributed by atoms with Gasteiger partial charge in [0.25, 0.3) is 0 Å². The SMILES string of the molecule is COCc1cc(Nc2ccc(C(F)(F)F)cc2)c2ccc(-c3nc(C(=O)O)ccc3Cl)nc2n1. The number of aromatic carboxylic acids is 1. The van der Waals surface area contributed by atoms with E-state index in [1.165, 1.54) is 31.4 Å². The lowest BCUT2D eigenvalue weighted by atomic mass is 10.1. The molecule has 0 aliphatic carbocycles. The number of aromatic nitrogens is 3. The number of fused-ring (bicyclic) bond motifs is 1. The first-order valence-electron chi connectivity index (χ1n) is 9.80. The Hall–Kier alpha value is -3.76. The van der Waals surface area contributed by atoms with Crippen LogP contribution >= 0.6 is 11.6 Å². The molecule has 3 aromatic heterocycles. The molecule has 0 fully saturated rings. The summed E-state index contributed by atoms with van der Waals surface area (Å²) >= 11 is 6.22. The average Bonchev–Trinajstić information content (AvgIpc) is 2.79. The van der Waals surface area contributed by atoms with Gasteiger partial charge in [-0.15, -0.1) is 0 Å². The van der Waals surface area contributed by atoms with Crippen LogP contribution in [0.2, 0.25) is 5.02 Å². The highest BCUT2D eigenvalue weighted by molar-refractivity contribution is 6.33. The Balaban J connectivity index is 1.78. The topological polar surface area (TPSA) is 97.2 Å². The highest BCUT2D eigenvalue weighted by Gasteiger charge is 2.30. The van der Waals surface area contributed by atoms with Gasteiger partial charge in [-0.05, 0) is 54.6 Å². The van der Waals surface area contributed by atoms with Crippen LogP contribution in [-0.2, 0) is 17.5 Å². The quantitative estimate of drug-likeness (QED) is 0.346. The van der Waals surface area contributed by atoms with Crippen LogP contribution in [0.5, 0.6) is 0 Å². The minimum absolute atomic E-state index is 0.164. The lowest BCUT2D eigenvalue weighted by Gasteiger charge is -2.13. The molecule has 0 aliphatic heterocycles. The Morgan fingerprint density at radius 2 is 1.79 bits per heavy atom. The summed E-state index contributed by atoms with van der Waals surface area (Å²) in [5, 5.41) is 13.1. The summed E-state index contributed by atoms with van der Waals surface area (Å²) < 4.78 is 43.8. The van der Waals surface area contributed by atoms with E-state index in [0.717, 1.165) is 12.1 Å². The van der Waals surface area contributed by atoms with Gasteiger partial charge in [0.2, 0.25) is 0 Å². The number of alkyl halides is 3. The standard InChI is InChI=1S/C23H16ClF3N4O3/c1-34-11-14-10-19(28-13-4-2-12(3-5-13)23(25,26)27)15-6-8-17(31-21(15)29-14)20-16(24)7-9-18(30-20)22(32)33/h2-10H,11H2,1H3,(H,32,33)(H,28,29,31). The number of rotatable bonds is 6. The number of benzene rings is 1. The minimum atomic E-state index is -4.43. The van der Waals surface area contributed by atoms with Crippen LogP contribution in [0, 0.1) is 0 Å². The van der Waals surface area contributed by atoms with E-state index in [4.69, 9.17) is 16.3 Å². The van der Waals surface area contributed by atoms with E-state index in [-0.39, 0.29) is 23.0 Å². The molecule has 0 bridgehead atoms. The normalized spacial score (nSPS) is 11.6. The molecule has 0 radical (unpaired) electrons. The third kappa shape index (κ3) is 4.92. The van der Waals surface area contributed by atoms with Crippen molar-refractivity contribution in [2.45, 2.75) is 12.8 Å². The first-order valence-corrected chi connectivity index (χ1v) is 10.2. The van der Waals surface area contributed by atoms with E-state index < -0.39 is 17.7 Å². The molecule has 0 amide bonds. The fraction of sp³-hybridized carbons (Fsp3) is 0.130. The summed E-state index contributed by atoms with van der Waals surface area (Å²) in [4.78, 5) is 24.3. The number of nitrogens with zero attached hydrogens (tertiary/aromatic N) is 3. The number of hydrogen-bond donors (Lipinski definition) is 2. The van der Waals surface area contributed by atoms with Gasteiger partial charge in [-0.1, -0.05) is 11.6 Å². The lowest BCUT2D eigenvalue weighted by Crippen LogP contribution is -2.05. The fourth-order valence-electron chi connectivity index (χ4n) is 3.25. The van der Waals surface area contributed by atoms with Gasteiger partial charge < -0.3 is 15.2 Å². The van der Waals surface area contributed by atoms with Crippen molar-refractivity contribution in [2.24, 2.45) is 0 Å². The Morgan fingerprint density at radius 1 is 1.06 bits per heavy atom. The van der Waals surface area contributed by atoms with E-state index in [1.54, 1.807) is 18.2 Å². The largest absolute Gasteiger partial charge is 0.477 e. The van der Waals surface area contributed by atoms with Crippen LogP contribution in [0.3, 0.4) is 0 Å². The highest BCUT2D eigenvalue weighted by Crippen LogP contribution is 2.33. The number of ether oxygens (including phenoxy) is 1. The third-order valence-electron chi connectivity index (χ3n) is 4.82. The molecule has 0 spiro atoms. The Bertz CT molecular complexity index is 1380. The zero-order valence-electron chi connectivity index (χ0n) is 17.5. The summed E-state index contributed by atoms with van der Waals surface area (Å²) in [7, 11) is 1.50. The molecule has 0 unspecified atom stereocenters. The van der Waals surface area contributed by atoms with Gasteiger partial charge in [0.1, 0.15) is 11.4 Å². The Labute approximate surface area is 196 Å². The number of halogens is 4. The summed E-state index contributed by atoms with van der Waals surface area (Å²) in [5.41, 5.74) is 1.35. The number of carboxylic acids is 1. The van der Waals surface area contributed by atoms with Gasteiger partial charge >= 0.3 is 12.1 Å². The first kappa shape index (κ1) is 23.4. The number of pyridine rings is 3. The van der Waals surface area contributed by atoms with Gasteiger partial charge in [-0.25, -0.2) is 19.7 Å². The molecule has 4 rings (SSSR count). The van der Waals surface area contributed by atoms with Gasteiger partial charge in [0.05, 0.1) is 34.3 Å². The van der Waals surface area contributed by atoms with E-state index >= 15 is 0 Å². The smallest absolute Gasteiger partial charge is 0.416 e. The predicted octanol–water partition coefficient (Wildman–Crippen LogP) is 5.95. The maximum absolute atomic E-state index is 12.9. The van der Waals surface area contributed by atoms with E-state index in [2.05, 4.69) is 20.3 Å². The second-order valence-electron chi connectivity index (χ2n) is 7.19. The van der Waals surface area contributed by atoms with Gasteiger partial charge in [0, 0.05) is 18.2 Å². The van der Waals surface area contributed by atoms with Crippen LogP contribution in [0.15, 0.2) is 54.6 Å². The zero-order valence-corrected chi connectivity index (χ0v) is 18.3. The molecular weight excluding hydrogens is 473 g/mol.